The van der Waals surface area contributed by atoms with Crippen LogP contribution in [-0.4, -0.2) is 25.0 Å². The van der Waals surface area contributed by atoms with Gasteiger partial charge in [0, 0.05) is 6.54 Å². The van der Waals surface area contributed by atoms with E-state index < -0.39 is 0 Å². The summed E-state index contributed by atoms with van der Waals surface area (Å²) in [7, 11) is 0. The molecule has 1 fully saturated rings. The van der Waals surface area contributed by atoms with Gasteiger partial charge in [0.2, 0.25) is 5.91 Å². The molecule has 1 aliphatic heterocycles. The molecule has 1 amide bonds. The smallest absolute Gasteiger partial charge is 0.228 e. The van der Waals surface area contributed by atoms with Gasteiger partial charge in [-0.3, -0.25) is 4.79 Å². The van der Waals surface area contributed by atoms with Crippen molar-refractivity contribution >= 4 is 5.91 Å². The van der Waals surface area contributed by atoms with E-state index in [9.17, 15) is 4.79 Å². The molecular formula is C13H22N2O. The van der Waals surface area contributed by atoms with Crippen LogP contribution in [0.3, 0.4) is 0 Å². The van der Waals surface area contributed by atoms with Crippen LogP contribution in [0.15, 0.2) is 0 Å². The fourth-order valence-corrected chi connectivity index (χ4v) is 2.36. The summed E-state index contributed by atoms with van der Waals surface area (Å²) in [5, 5.41) is 6.23. The normalized spacial score (nSPS) is 26.8. The molecule has 0 bridgehead atoms. The molecule has 1 aliphatic rings. The van der Waals surface area contributed by atoms with Gasteiger partial charge in [0.15, 0.2) is 0 Å². The second-order valence-corrected chi connectivity index (χ2v) is 4.67. The summed E-state index contributed by atoms with van der Waals surface area (Å²) in [6, 6.07) is -0.178. The molecule has 3 nitrogen and oxygen atoms in total. The number of hydrogen-bond donors (Lipinski definition) is 2. The Morgan fingerprint density at radius 3 is 2.94 bits per heavy atom. The number of piperidine rings is 1. The van der Waals surface area contributed by atoms with E-state index in [-0.39, 0.29) is 17.4 Å². The van der Waals surface area contributed by atoms with Gasteiger partial charge >= 0.3 is 0 Å². The van der Waals surface area contributed by atoms with Crippen molar-refractivity contribution in [1.82, 2.24) is 10.6 Å². The van der Waals surface area contributed by atoms with E-state index in [0.717, 1.165) is 38.8 Å². The molecule has 90 valence electrons. The lowest BCUT2D eigenvalue weighted by Crippen LogP contribution is -2.52. The Balaban J connectivity index is 2.68. The van der Waals surface area contributed by atoms with Crippen molar-refractivity contribution in [1.29, 1.82) is 0 Å². The van der Waals surface area contributed by atoms with E-state index >= 15 is 0 Å². The first-order chi connectivity index (χ1) is 7.64. The summed E-state index contributed by atoms with van der Waals surface area (Å²) in [5.74, 6) is 2.66. The highest BCUT2D eigenvalue weighted by molar-refractivity contribution is 5.83. The zero-order valence-corrected chi connectivity index (χ0v) is 10.3. The van der Waals surface area contributed by atoms with Gasteiger partial charge < -0.3 is 10.6 Å². The van der Waals surface area contributed by atoms with Crippen molar-refractivity contribution in [3.63, 3.8) is 0 Å². The molecule has 0 saturated carbocycles. The van der Waals surface area contributed by atoms with E-state index in [1.54, 1.807) is 0 Å². The van der Waals surface area contributed by atoms with Gasteiger partial charge in [0.1, 0.15) is 0 Å². The fourth-order valence-electron chi connectivity index (χ4n) is 2.36. The zero-order valence-electron chi connectivity index (χ0n) is 10.3. The maximum Gasteiger partial charge on any atom is 0.228 e. The largest absolute Gasteiger partial charge is 0.342 e. The van der Waals surface area contributed by atoms with Gasteiger partial charge in [-0.2, -0.15) is 0 Å². The Bertz CT molecular complexity index is 269. The van der Waals surface area contributed by atoms with Crippen LogP contribution in [0.1, 0.15) is 39.5 Å². The Kier molecular flexibility index (Phi) is 4.82. The SMILES string of the molecule is C#CC(C)NC(=O)C1(CCC)CCCNC1. The minimum Gasteiger partial charge on any atom is -0.342 e. The molecule has 16 heavy (non-hydrogen) atoms. The molecule has 1 heterocycles. The Hall–Kier alpha value is -1.01. The number of amides is 1. The molecule has 0 aliphatic carbocycles. The van der Waals surface area contributed by atoms with Gasteiger partial charge in [-0.05, 0) is 32.7 Å². The van der Waals surface area contributed by atoms with E-state index in [1.165, 1.54) is 0 Å². The molecule has 0 aromatic rings. The summed E-state index contributed by atoms with van der Waals surface area (Å²) in [6.07, 6.45) is 9.28. The van der Waals surface area contributed by atoms with Crippen molar-refractivity contribution in [2.24, 2.45) is 5.41 Å². The minimum absolute atomic E-state index is 0.118. The molecule has 3 heteroatoms. The lowest BCUT2D eigenvalue weighted by molar-refractivity contribution is -0.132. The number of rotatable bonds is 4. The second kappa shape index (κ2) is 5.91. The first-order valence-electron chi connectivity index (χ1n) is 6.12. The number of nitrogens with one attached hydrogen (secondary N) is 2. The number of carbonyl (C=O) groups excluding carboxylic acids is 1. The third kappa shape index (κ3) is 2.99. The van der Waals surface area contributed by atoms with Crippen molar-refractivity contribution in [2.45, 2.75) is 45.6 Å². The highest BCUT2D eigenvalue weighted by Gasteiger charge is 2.38. The third-order valence-corrected chi connectivity index (χ3v) is 3.28. The van der Waals surface area contributed by atoms with Crippen LogP contribution in [0.25, 0.3) is 0 Å². The molecule has 0 spiro atoms. The molecule has 0 aromatic carbocycles. The van der Waals surface area contributed by atoms with Crippen LogP contribution < -0.4 is 10.6 Å². The molecule has 1 saturated heterocycles. The highest BCUT2D eigenvalue weighted by atomic mass is 16.2. The Labute approximate surface area is 98.4 Å². The molecule has 0 radical (unpaired) electrons. The maximum atomic E-state index is 12.2. The average Bonchev–Trinajstić information content (AvgIpc) is 2.30. The summed E-state index contributed by atoms with van der Waals surface area (Å²) in [4.78, 5) is 12.2. The van der Waals surface area contributed by atoms with Gasteiger partial charge in [-0.1, -0.05) is 19.3 Å². The summed E-state index contributed by atoms with van der Waals surface area (Å²) >= 11 is 0. The van der Waals surface area contributed by atoms with Gasteiger partial charge in [-0.25, -0.2) is 0 Å². The van der Waals surface area contributed by atoms with Crippen LogP contribution in [0.2, 0.25) is 0 Å². The second-order valence-electron chi connectivity index (χ2n) is 4.67. The summed E-state index contributed by atoms with van der Waals surface area (Å²) < 4.78 is 0. The van der Waals surface area contributed by atoms with Crippen LogP contribution in [-0.2, 0) is 4.79 Å². The van der Waals surface area contributed by atoms with E-state index in [4.69, 9.17) is 6.42 Å². The first kappa shape index (κ1) is 13.1. The van der Waals surface area contributed by atoms with Gasteiger partial charge in [0.05, 0.1) is 11.5 Å². The predicted octanol–water partition coefficient (Wildman–Crippen LogP) is 1.29. The average molecular weight is 222 g/mol. The van der Waals surface area contributed by atoms with Crippen molar-refractivity contribution in [3.05, 3.63) is 0 Å². The van der Waals surface area contributed by atoms with Crippen LogP contribution >= 0.6 is 0 Å². The van der Waals surface area contributed by atoms with E-state index in [0.29, 0.717) is 0 Å². The van der Waals surface area contributed by atoms with Crippen LogP contribution in [0, 0.1) is 17.8 Å². The lowest BCUT2D eigenvalue weighted by atomic mass is 9.76. The van der Waals surface area contributed by atoms with Crippen molar-refractivity contribution < 1.29 is 4.79 Å². The first-order valence-corrected chi connectivity index (χ1v) is 6.12. The maximum absolute atomic E-state index is 12.2. The van der Waals surface area contributed by atoms with Gasteiger partial charge in [-0.15, -0.1) is 6.42 Å². The van der Waals surface area contributed by atoms with Crippen molar-refractivity contribution in [2.75, 3.05) is 13.1 Å². The molecular weight excluding hydrogens is 200 g/mol. The fraction of sp³-hybridized carbons (Fsp3) is 0.769. The molecule has 2 atom stereocenters. The molecule has 2 unspecified atom stereocenters. The van der Waals surface area contributed by atoms with E-state index in [2.05, 4.69) is 23.5 Å². The quantitative estimate of drug-likeness (QED) is 0.704. The Morgan fingerprint density at radius 2 is 2.44 bits per heavy atom. The molecule has 1 rings (SSSR count). The number of hydrogen-bond acceptors (Lipinski definition) is 2. The highest BCUT2D eigenvalue weighted by Crippen LogP contribution is 2.31. The molecule has 2 N–H and O–H groups in total. The number of carbonyl (C=O) groups is 1. The zero-order chi connectivity index (χ0) is 12.0. The lowest BCUT2D eigenvalue weighted by Gasteiger charge is -2.36. The van der Waals surface area contributed by atoms with Crippen molar-refractivity contribution in [3.8, 4) is 12.3 Å². The monoisotopic (exact) mass is 222 g/mol. The molecule has 0 aromatic heterocycles. The summed E-state index contributed by atoms with van der Waals surface area (Å²) in [6.45, 7) is 5.76. The third-order valence-electron chi connectivity index (χ3n) is 3.28. The van der Waals surface area contributed by atoms with Gasteiger partial charge in [0.25, 0.3) is 0 Å². The minimum atomic E-state index is -0.238. The van der Waals surface area contributed by atoms with Crippen LogP contribution in [0.4, 0.5) is 0 Å². The van der Waals surface area contributed by atoms with E-state index in [1.807, 2.05) is 6.92 Å². The number of terminal acetylenes is 1. The predicted molar refractivity (Wildman–Crippen MR) is 65.9 cm³/mol. The standard InChI is InChI=1S/C13H22N2O/c1-4-7-13(8-6-9-14-10-13)12(16)15-11(3)5-2/h2,11,14H,4,6-10H2,1,3H3,(H,15,16). The topological polar surface area (TPSA) is 41.1 Å². The Morgan fingerprint density at radius 1 is 1.69 bits per heavy atom. The van der Waals surface area contributed by atoms with Crippen LogP contribution in [0.5, 0.6) is 0 Å². The summed E-state index contributed by atoms with van der Waals surface area (Å²) in [5.41, 5.74) is -0.238.